The second-order valence-electron chi connectivity index (χ2n) is 5.44. The predicted octanol–water partition coefficient (Wildman–Crippen LogP) is 1.21. The van der Waals surface area contributed by atoms with Crippen molar-refractivity contribution in [1.82, 2.24) is 26.5 Å². The van der Waals surface area contributed by atoms with Crippen LogP contribution in [-0.2, 0) is 11.2 Å². The molecule has 9 heteroatoms. The van der Waals surface area contributed by atoms with Crippen LogP contribution >= 0.6 is 11.3 Å². The number of hydrazine groups is 1. The zero-order valence-electron chi connectivity index (χ0n) is 14.7. The fourth-order valence-corrected chi connectivity index (χ4v) is 2.76. The lowest BCUT2D eigenvalue weighted by atomic mass is 10.1. The number of hydrogen-bond donors (Lipinski definition) is 5. The number of amides is 1. The summed E-state index contributed by atoms with van der Waals surface area (Å²) in [6.45, 7) is 0.295. The number of likely N-dealkylation sites (N-methyl/N-ethyl adjacent to an activating group) is 1. The van der Waals surface area contributed by atoms with Crippen molar-refractivity contribution in [3.63, 3.8) is 0 Å². The van der Waals surface area contributed by atoms with Crippen molar-refractivity contribution >= 4 is 22.9 Å². The monoisotopic (exact) mass is 378 g/mol. The SMILES string of the molecule is CNN/C(=C\Nc1ccc(F)cc1)CNC(=O)C(Cc1cscn1)NC. The van der Waals surface area contributed by atoms with Crippen molar-refractivity contribution in [2.45, 2.75) is 12.5 Å². The van der Waals surface area contributed by atoms with E-state index in [0.717, 1.165) is 11.4 Å². The topological polar surface area (TPSA) is 90.1 Å². The lowest BCUT2D eigenvalue weighted by Gasteiger charge is -2.17. The van der Waals surface area contributed by atoms with Crippen molar-refractivity contribution in [2.24, 2.45) is 0 Å². The molecule has 1 aromatic heterocycles. The van der Waals surface area contributed by atoms with Crippen LogP contribution < -0.4 is 26.8 Å². The first-order valence-corrected chi connectivity index (χ1v) is 9.02. The molecule has 0 spiro atoms. The van der Waals surface area contributed by atoms with Crippen molar-refractivity contribution in [3.8, 4) is 0 Å². The predicted molar refractivity (Wildman–Crippen MR) is 102 cm³/mol. The summed E-state index contributed by atoms with van der Waals surface area (Å²) < 4.78 is 12.9. The Hall–Kier alpha value is -2.49. The van der Waals surface area contributed by atoms with Gasteiger partial charge in [0.05, 0.1) is 29.5 Å². The molecule has 1 atom stereocenters. The third-order valence-electron chi connectivity index (χ3n) is 3.56. The largest absolute Gasteiger partial charge is 0.360 e. The van der Waals surface area contributed by atoms with Crippen LogP contribution in [0.4, 0.5) is 10.1 Å². The Balaban J connectivity index is 1.90. The molecule has 0 fully saturated rings. The van der Waals surface area contributed by atoms with E-state index >= 15 is 0 Å². The molecule has 5 N–H and O–H groups in total. The van der Waals surface area contributed by atoms with E-state index < -0.39 is 0 Å². The first kappa shape index (κ1) is 19.8. The molecule has 1 aromatic carbocycles. The zero-order valence-corrected chi connectivity index (χ0v) is 15.5. The summed E-state index contributed by atoms with van der Waals surface area (Å²) in [6.07, 6.45) is 2.23. The minimum atomic E-state index is -0.363. The molecule has 26 heavy (non-hydrogen) atoms. The van der Waals surface area contributed by atoms with Crippen molar-refractivity contribution in [2.75, 3.05) is 26.0 Å². The van der Waals surface area contributed by atoms with Crippen LogP contribution in [0.5, 0.6) is 0 Å². The van der Waals surface area contributed by atoms with Crippen LogP contribution in [0.3, 0.4) is 0 Å². The maximum Gasteiger partial charge on any atom is 0.237 e. The number of aromatic nitrogens is 1. The van der Waals surface area contributed by atoms with Gasteiger partial charge in [0.1, 0.15) is 5.82 Å². The molecule has 0 aliphatic heterocycles. The van der Waals surface area contributed by atoms with E-state index in [1.165, 1.54) is 23.5 Å². The van der Waals surface area contributed by atoms with E-state index in [1.807, 2.05) is 5.38 Å². The average molecular weight is 378 g/mol. The van der Waals surface area contributed by atoms with Gasteiger partial charge in [0, 0.05) is 30.7 Å². The third kappa shape index (κ3) is 6.43. The number of anilines is 1. The van der Waals surface area contributed by atoms with Crippen LogP contribution in [-0.4, -0.2) is 37.6 Å². The molecule has 1 amide bonds. The smallest absolute Gasteiger partial charge is 0.237 e. The highest BCUT2D eigenvalue weighted by molar-refractivity contribution is 7.07. The molecule has 0 aliphatic rings. The third-order valence-corrected chi connectivity index (χ3v) is 4.19. The Morgan fingerprint density at radius 2 is 2.08 bits per heavy atom. The Bertz CT molecular complexity index is 705. The Labute approximate surface area is 156 Å². The zero-order chi connectivity index (χ0) is 18.8. The summed E-state index contributed by atoms with van der Waals surface area (Å²) in [5.74, 6) is -0.412. The van der Waals surface area contributed by atoms with Gasteiger partial charge in [-0.05, 0) is 31.3 Å². The van der Waals surface area contributed by atoms with Gasteiger partial charge < -0.3 is 21.4 Å². The quantitative estimate of drug-likeness (QED) is 0.399. The lowest BCUT2D eigenvalue weighted by molar-refractivity contribution is -0.122. The fourth-order valence-electron chi connectivity index (χ4n) is 2.19. The van der Waals surface area contributed by atoms with Gasteiger partial charge in [0.2, 0.25) is 5.91 Å². The Kier molecular flexibility index (Phi) is 8.00. The molecule has 7 nitrogen and oxygen atoms in total. The number of nitrogens with zero attached hydrogens (tertiary/aromatic N) is 1. The molecule has 2 rings (SSSR count). The highest BCUT2D eigenvalue weighted by atomic mass is 32.1. The number of hydrogen-bond acceptors (Lipinski definition) is 7. The number of nitrogens with one attached hydrogen (secondary N) is 5. The second kappa shape index (κ2) is 10.5. The number of rotatable bonds is 10. The summed E-state index contributed by atoms with van der Waals surface area (Å²) >= 11 is 1.50. The molecule has 0 saturated carbocycles. The van der Waals surface area contributed by atoms with Crippen LogP contribution in [0.15, 0.2) is 47.1 Å². The number of carbonyl (C=O) groups is 1. The first-order valence-electron chi connectivity index (χ1n) is 8.08. The van der Waals surface area contributed by atoms with Gasteiger partial charge in [0.25, 0.3) is 0 Å². The van der Waals surface area contributed by atoms with Crippen LogP contribution in [0.1, 0.15) is 5.69 Å². The minimum Gasteiger partial charge on any atom is -0.360 e. The van der Waals surface area contributed by atoms with Gasteiger partial charge in [-0.15, -0.1) is 11.3 Å². The van der Waals surface area contributed by atoms with Gasteiger partial charge in [-0.3, -0.25) is 4.79 Å². The van der Waals surface area contributed by atoms with E-state index in [4.69, 9.17) is 0 Å². The number of thiazole rings is 1. The normalized spacial score (nSPS) is 12.5. The van der Waals surface area contributed by atoms with Gasteiger partial charge >= 0.3 is 0 Å². The standard InChI is InChI=1S/C17H23FN6OS/c1-19-16(7-14-10-26-11-23-14)17(25)22-9-15(24-20-2)8-21-13-5-3-12(18)4-6-13/h3-6,8,10-11,16,19-21,24H,7,9H2,1-2H3,(H,22,25)/b15-8-. The maximum atomic E-state index is 12.9. The molecule has 0 aliphatic carbocycles. The molecule has 140 valence electrons. The number of halogens is 1. The molecule has 1 unspecified atom stereocenters. The Morgan fingerprint density at radius 1 is 1.31 bits per heavy atom. The number of carbonyl (C=O) groups excluding carboxylic acids is 1. The molecule has 2 aromatic rings. The highest BCUT2D eigenvalue weighted by Gasteiger charge is 2.17. The summed E-state index contributed by atoms with van der Waals surface area (Å²) in [5, 5.41) is 10.9. The van der Waals surface area contributed by atoms with Crippen LogP contribution in [0.25, 0.3) is 0 Å². The van der Waals surface area contributed by atoms with E-state index in [2.05, 4.69) is 31.8 Å². The van der Waals surface area contributed by atoms with Crippen molar-refractivity contribution in [1.29, 1.82) is 0 Å². The summed E-state index contributed by atoms with van der Waals surface area (Å²) in [4.78, 5) is 16.6. The van der Waals surface area contributed by atoms with Crippen molar-refractivity contribution < 1.29 is 9.18 Å². The Morgan fingerprint density at radius 3 is 2.69 bits per heavy atom. The van der Waals surface area contributed by atoms with Crippen LogP contribution in [0.2, 0.25) is 0 Å². The van der Waals surface area contributed by atoms with Crippen LogP contribution in [0, 0.1) is 5.82 Å². The molecular formula is C17H23FN6OS. The average Bonchev–Trinajstić information content (AvgIpc) is 3.16. The number of benzene rings is 1. The maximum absolute atomic E-state index is 12.9. The van der Waals surface area contributed by atoms with Gasteiger partial charge in [-0.1, -0.05) is 0 Å². The van der Waals surface area contributed by atoms with Gasteiger partial charge in [-0.2, -0.15) is 0 Å². The van der Waals surface area contributed by atoms with E-state index in [9.17, 15) is 9.18 Å². The summed E-state index contributed by atoms with van der Waals surface area (Å²) in [7, 11) is 3.47. The highest BCUT2D eigenvalue weighted by Crippen LogP contribution is 2.08. The second-order valence-corrected chi connectivity index (χ2v) is 6.16. The summed E-state index contributed by atoms with van der Waals surface area (Å²) in [5.41, 5.74) is 9.86. The molecule has 0 saturated heterocycles. The fraction of sp³-hybridized carbons (Fsp3) is 0.294. The molecular weight excluding hydrogens is 355 g/mol. The molecule has 1 heterocycles. The molecule has 0 radical (unpaired) electrons. The van der Waals surface area contributed by atoms with Gasteiger partial charge in [-0.25, -0.2) is 14.8 Å². The lowest BCUT2D eigenvalue weighted by Crippen LogP contribution is -2.46. The minimum absolute atomic E-state index is 0.119. The van der Waals surface area contributed by atoms with Gasteiger partial charge in [0.15, 0.2) is 0 Å². The van der Waals surface area contributed by atoms with Crippen molar-refractivity contribution in [3.05, 3.63) is 58.6 Å². The van der Waals surface area contributed by atoms with E-state index in [1.54, 1.807) is 37.9 Å². The van der Waals surface area contributed by atoms with E-state index in [-0.39, 0.29) is 17.8 Å². The first-order chi connectivity index (χ1) is 12.6. The molecule has 0 bridgehead atoms. The van der Waals surface area contributed by atoms with E-state index in [0.29, 0.717) is 18.7 Å². The summed E-state index contributed by atoms with van der Waals surface area (Å²) in [6, 6.07) is 5.65.